The lowest BCUT2D eigenvalue weighted by atomic mass is 10.1. The molecule has 7 heteroatoms. The molecule has 136 valence electrons. The second-order valence-corrected chi connectivity index (χ2v) is 7.32. The van der Waals surface area contributed by atoms with E-state index in [0.29, 0.717) is 34.1 Å². The van der Waals surface area contributed by atoms with Crippen LogP contribution in [-0.4, -0.2) is 27.0 Å². The number of hydrogen-bond acceptors (Lipinski definition) is 5. The van der Waals surface area contributed by atoms with E-state index in [1.165, 1.54) is 18.7 Å². The summed E-state index contributed by atoms with van der Waals surface area (Å²) in [6.07, 6.45) is 0.840. The summed E-state index contributed by atoms with van der Waals surface area (Å²) in [4.78, 5) is 40.9. The molecule has 6 nitrogen and oxygen atoms in total. The van der Waals surface area contributed by atoms with E-state index in [4.69, 9.17) is 0 Å². The number of carbonyl (C=O) groups is 2. The van der Waals surface area contributed by atoms with Gasteiger partial charge in [0.15, 0.2) is 10.9 Å². The number of nitrogens with one attached hydrogen (secondary N) is 1. The van der Waals surface area contributed by atoms with Crippen LogP contribution in [0.4, 0.5) is 5.69 Å². The minimum atomic E-state index is -0.197. The van der Waals surface area contributed by atoms with Crippen molar-refractivity contribution < 1.29 is 9.59 Å². The van der Waals surface area contributed by atoms with Gasteiger partial charge < -0.3 is 5.32 Å². The van der Waals surface area contributed by atoms with Crippen LogP contribution in [0.25, 0.3) is 0 Å². The Morgan fingerprint density at radius 1 is 1.31 bits per heavy atom. The van der Waals surface area contributed by atoms with Crippen LogP contribution in [0.15, 0.2) is 34.2 Å². The van der Waals surface area contributed by atoms with Gasteiger partial charge in [0.1, 0.15) is 0 Å². The van der Waals surface area contributed by atoms with Crippen LogP contribution < -0.4 is 10.9 Å². The van der Waals surface area contributed by atoms with E-state index < -0.39 is 0 Å². The van der Waals surface area contributed by atoms with Crippen molar-refractivity contribution >= 4 is 29.1 Å². The number of amides is 1. The Balaban J connectivity index is 1.74. The molecule has 1 unspecified atom stereocenters. The summed E-state index contributed by atoms with van der Waals surface area (Å²) in [6.45, 7) is 5.29. The molecule has 1 N–H and O–H groups in total. The fourth-order valence-corrected chi connectivity index (χ4v) is 4.27. The molecule has 0 radical (unpaired) electrons. The number of hydrogen-bond donors (Lipinski definition) is 1. The maximum atomic E-state index is 12.7. The van der Waals surface area contributed by atoms with E-state index in [9.17, 15) is 14.4 Å². The van der Waals surface area contributed by atoms with Crippen molar-refractivity contribution in [2.45, 2.75) is 44.8 Å². The van der Waals surface area contributed by atoms with Gasteiger partial charge in [0.25, 0.3) is 5.56 Å². The predicted molar refractivity (Wildman–Crippen MR) is 102 cm³/mol. The molecule has 0 bridgehead atoms. The first kappa shape index (κ1) is 18.4. The van der Waals surface area contributed by atoms with Crippen LogP contribution in [0.2, 0.25) is 0 Å². The number of rotatable bonds is 5. The number of carbonyl (C=O) groups excluding carboxylic acids is 2. The monoisotopic (exact) mass is 371 g/mol. The molecular weight excluding hydrogens is 350 g/mol. The Hall–Kier alpha value is -2.41. The van der Waals surface area contributed by atoms with E-state index in [1.54, 1.807) is 28.8 Å². The van der Waals surface area contributed by atoms with Crippen molar-refractivity contribution in [1.82, 2.24) is 9.55 Å². The van der Waals surface area contributed by atoms with Gasteiger partial charge in [0.05, 0.1) is 6.04 Å². The smallest absolute Gasteiger partial charge is 0.257 e. The lowest BCUT2D eigenvalue weighted by molar-refractivity contribution is -0.116. The van der Waals surface area contributed by atoms with Gasteiger partial charge in [-0.05, 0) is 44.5 Å². The fourth-order valence-electron chi connectivity index (χ4n) is 3.09. The first-order chi connectivity index (χ1) is 12.4. The molecule has 2 aromatic rings. The molecule has 1 amide bonds. The summed E-state index contributed by atoms with van der Waals surface area (Å²) < 4.78 is 1.66. The maximum Gasteiger partial charge on any atom is 0.257 e. The molecule has 1 atom stereocenters. The molecule has 0 saturated carbocycles. The third-order valence-corrected chi connectivity index (χ3v) is 5.60. The van der Waals surface area contributed by atoms with E-state index in [2.05, 4.69) is 10.3 Å². The molecule has 1 aliphatic heterocycles. The molecule has 0 aliphatic carbocycles. The average Bonchev–Trinajstić information content (AvgIpc) is 2.98. The molecule has 1 aliphatic rings. The number of aromatic nitrogens is 2. The van der Waals surface area contributed by atoms with Crippen molar-refractivity contribution in [2.75, 3.05) is 11.1 Å². The van der Waals surface area contributed by atoms with Gasteiger partial charge in [0.2, 0.25) is 5.91 Å². The van der Waals surface area contributed by atoms with E-state index >= 15 is 0 Å². The largest absolute Gasteiger partial charge is 0.326 e. The number of fused-ring (bicyclic) bond motifs is 1. The van der Waals surface area contributed by atoms with E-state index in [1.807, 2.05) is 13.8 Å². The van der Waals surface area contributed by atoms with Crippen LogP contribution in [0, 0.1) is 6.92 Å². The topological polar surface area (TPSA) is 81.1 Å². The Kier molecular flexibility index (Phi) is 5.27. The first-order valence-electron chi connectivity index (χ1n) is 8.56. The SMILES string of the molecule is CCc1c(C)nc2n(c1=O)C(CC(=O)Nc1ccc(C(C)=O)cc1)CS2. The highest BCUT2D eigenvalue weighted by atomic mass is 32.2. The zero-order valence-electron chi connectivity index (χ0n) is 15.0. The minimum absolute atomic E-state index is 0.0173. The third-order valence-electron chi connectivity index (χ3n) is 4.50. The highest BCUT2D eigenvalue weighted by molar-refractivity contribution is 7.99. The highest BCUT2D eigenvalue weighted by Gasteiger charge is 2.29. The second kappa shape index (κ2) is 7.45. The van der Waals surface area contributed by atoms with Crippen molar-refractivity contribution in [3.63, 3.8) is 0 Å². The van der Waals surface area contributed by atoms with Gasteiger partial charge in [-0.3, -0.25) is 19.0 Å². The van der Waals surface area contributed by atoms with Gasteiger partial charge in [-0.15, -0.1) is 0 Å². The summed E-state index contributed by atoms with van der Waals surface area (Å²) in [7, 11) is 0. The van der Waals surface area contributed by atoms with Crippen molar-refractivity contribution in [1.29, 1.82) is 0 Å². The number of anilines is 1. The zero-order chi connectivity index (χ0) is 18.8. The third kappa shape index (κ3) is 3.58. The molecule has 1 aromatic carbocycles. The Morgan fingerprint density at radius 3 is 2.62 bits per heavy atom. The zero-order valence-corrected chi connectivity index (χ0v) is 15.9. The lowest BCUT2D eigenvalue weighted by Gasteiger charge is -2.15. The Morgan fingerprint density at radius 2 is 2.00 bits per heavy atom. The summed E-state index contributed by atoms with van der Waals surface area (Å²) >= 11 is 1.51. The van der Waals surface area contributed by atoms with Gasteiger partial charge in [-0.2, -0.15) is 0 Å². The van der Waals surface area contributed by atoms with Crippen LogP contribution in [0.3, 0.4) is 0 Å². The molecule has 3 rings (SSSR count). The molecule has 0 saturated heterocycles. The summed E-state index contributed by atoms with van der Waals surface area (Å²) in [5.74, 6) is 0.479. The van der Waals surface area contributed by atoms with Crippen molar-refractivity contribution in [3.05, 3.63) is 51.4 Å². The first-order valence-corrected chi connectivity index (χ1v) is 9.55. The Bertz CT molecular complexity index is 919. The molecule has 2 heterocycles. The predicted octanol–water partition coefficient (Wildman–Crippen LogP) is 2.99. The summed E-state index contributed by atoms with van der Waals surface area (Å²) in [5, 5.41) is 3.52. The van der Waals surface area contributed by atoms with Crippen LogP contribution >= 0.6 is 11.8 Å². The van der Waals surface area contributed by atoms with Crippen LogP contribution in [0.5, 0.6) is 0 Å². The summed E-state index contributed by atoms with van der Waals surface area (Å²) in [6, 6.07) is 6.58. The van der Waals surface area contributed by atoms with Crippen LogP contribution in [0.1, 0.15) is 47.9 Å². The standard InChI is InChI=1S/C19H21N3O3S/c1-4-16-11(2)20-19-22(18(16)25)15(10-26-19)9-17(24)21-14-7-5-13(6-8-14)12(3)23/h5-8,15H,4,9-10H2,1-3H3,(H,21,24). The second-order valence-electron chi connectivity index (χ2n) is 6.34. The minimum Gasteiger partial charge on any atom is -0.326 e. The number of nitrogens with zero attached hydrogens (tertiary/aromatic N) is 2. The highest BCUT2D eigenvalue weighted by Crippen LogP contribution is 2.32. The maximum absolute atomic E-state index is 12.7. The number of ketones is 1. The van der Waals surface area contributed by atoms with E-state index in [0.717, 1.165) is 5.69 Å². The Labute approximate surface area is 156 Å². The number of benzene rings is 1. The summed E-state index contributed by atoms with van der Waals surface area (Å²) in [5.41, 5.74) is 2.68. The van der Waals surface area contributed by atoms with Crippen molar-refractivity contribution in [2.24, 2.45) is 0 Å². The molecule has 0 spiro atoms. The van der Waals surface area contributed by atoms with Gasteiger partial charge in [-0.1, -0.05) is 18.7 Å². The molecule has 1 aromatic heterocycles. The number of aryl methyl sites for hydroxylation is 1. The van der Waals surface area contributed by atoms with Gasteiger partial charge in [0, 0.05) is 34.7 Å². The fraction of sp³-hybridized carbons (Fsp3) is 0.368. The lowest BCUT2D eigenvalue weighted by Crippen LogP contribution is -2.30. The molecule has 26 heavy (non-hydrogen) atoms. The quantitative estimate of drug-likeness (QED) is 0.645. The average molecular weight is 371 g/mol. The molecular formula is C19H21N3O3S. The van der Waals surface area contributed by atoms with Crippen LogP contribution in [-0.2, 0) is 11.2 Å². The van der Waals surface area contributed by atoms with Gasteiger partial charge >= 0.3 is 0 Å². The van der Waals surface area contributed by atoms with E-state index in [-0.39, 0.29) is 29.7 Å². The van der Waals surface area contributed by atoms with Crippen molar-refractivity contribution in [3.8, 4) is 0 Å². The normalized spacial score (nSPS) is 15.6. The number of thioether (sulfide) groups is 1. The number of Topliss-reactive ketones (excluding diaryl/α,β-unsaturated/α-hetero) is 1. The molecule has 0 fully saturated rings. The van der Waals surface area contributed by atoms with Gasteiger partial charge in [-0.25, -0.2) is 4.98 Å².